The fraction of sp³-hybridized carbons (Fsp3) is 0.917. The first-order chi connectivity index (χ1) is 7.13. The number of aliphatic hydroxyl groups is 1. The third-order valence-corrected chi connectivity index (χ3v) is 3.06. The summed E-state index contributed by atoms with van der Waals surface area (Å²) in [6.45, 7) is 4.06. The van der Waals surface area contributed by atoms with E-state index >= 15 is 0 Å². The average Bonchev–Trinajstić information content (AvgIpc) is 2.22. The molecule has 0 aromatic rings. The summed E-state index contributed by atoms with van der Waals surface area (Å²) in [6.07, 6.45) is 6.78. The third-order valence-electron chi connectivity index (χ3n) is 3.06. The number of nitrogens with two attached hydrogens (primary N) is 1. The molecule has 0 aliphatic carbocycles. The lowest BCUT2D eigenvalue weighted by Crippen LogP contribution is -2.40. The van der Waals surface area contributed by atoms with Gasteiger partial charge in [-0.15, -0.1) is 0 Å². The molecule has 1 atom stereocenters. The lowest BCUT2D eigenvalue weighted by atomic mass is 9.78. The summed E-state index contributed by atoms with van der Waals surface area (Å²) in [5.74, 6) is -0.344. The molecular weight excluding hydrogens is 190 g/mol. The monoisotopic (exact) mass is 215 g/mol. The fourth-order valence-electron chi connectivity index (χ4n) is 1.98. The van der Waals surface area contributed by atoms with E-state index in [1.165, 1.54) is 12.8 Å². The lowest BCUT2D eigenvalue weighted by molar-refractivity contribution is -0.131. The van der Waals surface area contributed by atoms with Gasteiger partial charge in [-0.1, -0.05) is 46.0 Å². The highest BCUT2D eigenvalue weighted by molar-refractivity contribution is 5.80. The van der Waals surface area contributed by atoms with Gasteiger partial charge in [0.1, 0.15) is 0 Å². The quantitative estimate of drug-likeness (QED) is 0.579. The van der Waals surface area contributed by atoms with E-state index in [2.05, 4.69) is 6.92 Å². The van der Waals surface area contributed by atoms with Crippen LogP contribution in [0.3, 0.4) is 0 Å². The van der Waals surface area contributed by atoms with Crippen LogP contribution in [0, 0.1) is 5.41 Å². The predicted molar refractivity (Wildman–Crippen MR) is 62.4 cm³/mol. The number of carbonyl (C=O) groups excluding carboxylic acids is 1. The molecule has 0 radical (unpaired) electrons. The first-order valence-electron chi connectivity index (χ1n) is 6.03. The van der Waals surface area contributed by atoms with Gasteiger partial charge < -0.3 is 10.8 Å². The van der Waals surface area contributed by atoms with Crippen molar-refractivity contribution in [3.05, 3.63) is 0 Å². The van der Waals surface area contributed by atoms with Crippen LogP contribution in [0.2, 0.25) is 0 Å². The second-order valence-electron chi connectivity index (χ2n) is 4.36. The Morgan fingerprint density at radius 2 is 1.80 bits per heavy atom. The zero-order valence-electron chi connectivity index (χ0n) is 10.1. The second kappa shape index (κ2) is 7.69. The van der Waals surface area contributed by atoms with Gasteiger partial charge in [0.2, 0.25) is 5.91 Å². The predicted octanol–water partition coefficient (Wildman–Crippen LogP) is 2.22. The van der Waals surface area contributed by atoms with Crippen molar-refractivity contribution < 1.29 is 9.90 Å². The Hall–Kier alpha value is -0.570. The van der Waals surface area contributed by atoms with E-state index in [9.17, 15) is 9.90 Å². The summed E-state index contributed by atoms with van der Waals surface area (Å²) in [5.41, 5.74) is 4.72. The summed E-state index contributed by atoms with van der Waals surface area (Å²) < 4.78 is 0. The molecule has 1 amide bonds. The lowest BCUT2D eigenvalue weighted by Gasteiger charge is -2.28. The molecule has 0 aliphatic rings. The van der Waals surface area contributed by atoms with Crippen molar-refractivity contribution in [1.82, 2.24) is 0 Å². The normalized spacial score (nSPS) is 14.9. The van der Waals surface area contributed by atoms with E-state index in [0.29, 0.717) is 6.42 Å². The molecule has 15 heavy (non-hydrogen) atoms. The summed E-state index contributed by atoms with van der Waals surface area (Å²) in [5, 5.41) is 9.33. The maximum atomic E-state index is 11.4. The largest absolute Gasteiger partial charge is 0.395 e. The minimum atomic E-state index is -0.664. The molecule has 0 spiro atoms. The minimum absolute atomic E-state index is 0.109. The van der Waals surface area contributed by atoms with Crippen LogP contribution in [0.15, 0.2) is 0 Å². The summed E-state index contributed by atoms with van der Waals surface area (Å²) in [6, 6.07) is 0. The van der Waals surface area contributed by atoms with E-state index < -0.39 is 5.41 Å². The van der Waals surface area contributed by atoms with Crippen LogP contribution in [0.1, 0.15) is 58.8 Å². The van der Waals surface area contributed by atoms with Gasteiger partial charge in [0.25, 0.3) is 0 Å². The smallest absolute Gasteiger partial charge is 0.225 e. The molecule has 0 fully saturated rings. The zero-order chi connectivity index (χ0) is 11.7. The third kappa shape index (κ3) is 4.65. The van der Waals surface area contributed by atoms with E-state index in [1.54, 1.807) is 0 Å². The van der Waals surface area contributed by atoms with Crippen LogP contribution in [0.5, 0.6) is 0 Å². The average molecular weight is 215 g/mol. The first-order valence-corrected chi connectivity index (χ1v) is 6.03. The molecule has 3 N–H and O–H groups in total. The number of aliphatic hydroxyl groups excluding tert-OH is 1. The molecule has 0 aliphatic heterocycles. The molecule has 1 unspecified atom stereocenters. The topological polar surface area (TPSA) is 63.3 Å². The summed E-state index contributed by atoms with van der Waals surface area (Å²) in [7, 11) is 0. The van der Waals surface area contributed by atoms with Crippen molar-refractivity contribution in [2.45, 2.75) is 58.8 Å². The van der Waals surface area contributed by atoms with Gasteiger partial charge in [-0.05, 0) is 12.8 Å². The molecule has 0 bridgehead atoms. The minimum Gasteiger partial charge on any atom is -0.395 e. The van der Waals surface area contributed by atoms with E-state index in [4.69, 9.17) is 5.73 Å². The van der Waals surface area contributed by atoms with Gasteiger partial charge in [-0.25, -0.2) is 0 Å². The Labute approximate surface area is 93.0 Å². The maximum absolute atomic E-state index is 11.4. The molecule has 0 aromatic heterocycles. The summed E-state index contributed by atoms with van der Waals surface area (Å²) >= 11 is 0. The summed E-state index contributed by atoms with van der Waals surface area (Å²) in [4.78, 5) is 11.4. The molecule has 3 heteroatoms. The molecule has 0 aromatic carbocycles. The number of amides is 1. The van der Waals surface area contributed by atoms with E-state index in [0.717, 1.165) is 25.7 Å². The fourth-order valence-corrected chi connectivity index (χ4v) is 1.98. The van der Waals surface area contributed by atoms with Crippen molar-refractivity contribution in [2.24, 2.45) is 11.1 Å². The van der Waals surface area contributed by atoms with Gasteiger partial charge in [0, 0.05) is 0 Å². The Balaban J connectivity index is 4.16. The van der Waals surface area contributed by atoms with Gasteiger partial charge >= 0.3 is 0 Å². The molecule has 90 valence electrons. The highest BCUT2D eigenvalue weighted by Crippen LogP contribution is 2.30. The molecule has 3 nitrogen and oxygen atoms in total. The Kier molecular flexibility index (Phi) is 7.39. The van der Waals surface area contributed by atoms with Crippen molar-refractivity contribution in [3.63, 3.8) is 0 Å². The number of primary amides is 1. The highest BCUT2D eigenvalue weighted by Gasteiger charge is 2.34. The Morgan fingerprint density at radius 1 is 1.13 bits per heavy atom. The van der Waals surface area contributed by atoms with Crippen LogP contribution in [-0.4, -0.2) is 17.6 Å². The molecule has 0 heterocycles. The van der Waals surface area contributed by atoms with Gasteiger partial charge in [-0.3, -0.25) is 4.79 Å². The SMILES string of the molecule is CCCCCCC(CO)(CCC)C(N)=O. The van der Waals surface area contributed by atoms with E-state index in [1.807, 2.05) is 6.92 Å². The van der Waals surface area contributed by atoms with Crippen molar-refractivity contribution in [2.75, 3.05) is 6.61 Å². The molecular formula is C12H25NO2. The maximum Gasteiger partial charge on any atom is 0.225 e. The van der Waals surface area contributed by atoms with E-state index in [-0.39, 0.29) is 12.5 Å². The van der Waals surface area contributed by atoms with Crippen LogP contribution in [0.25, 0.3) is 0 Å². The van der Waals surface area contributed by atoms with Gasteiger partial charge in [0.15, 0.2) is 0 Å². The Bertz CT molecular complexity index is 182. The zero-order valence-corrected chi connectivity index (χ0v) is 10.1. The van der Waals surface area contributed by atoms with Gasteiger partial charge in [0.05, 0.1) is 12.0 Å². The van der Waals surface area contributed by atoms with Crippen molar-refractivity contribution in [1.29, 1.82) is 0 Å². The van der Waals surface area contributed by atoms with Crippen LogP contribution in [-0.2, 0) is 4.79 Å². The highest BCUT2D eigenvalue weighted by atomic mass is 16.3. The van der Waals surface area contributed by atoms with Gasteiger partial charge in [-0.2, -0.15) is 0 Å². The number of rotatable bonds is 9. The molecule has 0 saturated carbocycles. The number of unbranched alkanes of at least 4 members (excludes halogenated alkanes) is 3. The standard InChI is InChI=1S/C12H25NO2/c1-3-5-6-7-9-12(10-14,8-4-2)11(13)15/h14H,3-10H2,1-2H3,(H2,13,15). The number of hydrogen-bond acceptors (Lipinski definition) is 2. The molecule has 0 saturated heterocycles. The van der Waals surface area contributed by atoms with Crippen molar-refractivity contribution in [3.8, 4) is 0 Å². The van der Waals surface area contributed by atoms with Crippen LogP contribution in [0.4, 0.5) is 0 Å². The molecule has 0 rings (SSSR count). The number of hydrogen-bond donors (Lipinski definition) is 2. The second-order valence-corrected chi connectivity index (χ2v) is 4.36. The van der Waals surface area contributed by atoms with Crippen molar-refractivity contribution >= 4 is 5.91 Å². The van der Waals surface area contributed by atoms with Crippen LogP contribution < -0.4 is 5.73 Å². The Morgan fingerprint density at radius 3 is 2.20 bits per heavy atom. The van der Waals surface area contributed by atoms with Crippen LogP contribution >= 0.6 is 0 Å². The first kappa shape index (κ1) is 14.4. The number of carbonyl (C=O) groups is 1.